The molecule has 2 N–H and O–H groups in total. The second-order valence-corrected chi connectivity index (χ2v) is 10.2. The molecule has 4 rings (SSSR count). The number of amides is 1. The fourth-order valence-corrected chi connectivity index (χ4v) is 5.18. The summed E-state index contributed by atoms with van der Waals surface area (Å²) in [5.41, 5.74) is 2.54. The van der Waals surface area contributed by atoms with Crippen LogP contribution in [0, 0.1) is 6.92 Å². The number of nitrogens with zero attached hydrogens (tertiary/aromatic N) is 1. The van der Waals surface area contributed by atoms with Gasteiger partial charge in [0.2, 0.25) is 0 Å². The number of rotatable bonds is 7. The van der Waals surface area contributed by atoms with Crippen molar-refractivity contribution in [2.75, 3.05) is 17.9 Å². The Hall–Kier alpha value is -2.84. The predicted molar refractivity (Wildman–Crippen MR) is 126 cm³/mol. The van der Waals surface area contributed by atoms with Gasteiger partial charge in [-0.25, -0.2) is 8.42 Å². The number of sulfonamides is 1. The third-order valence-corrected chi connectivity index (χ3v) is 7.35. The van der Waals surface area contributed by atoms with Crippen LogP contribution in [-0.4, -0.2) is 37.6 Å². The molecule has 3 aromatic rings. The van der Waals surface area contributed by atoms with Crippen LogP contribution in [0.4, 0.5) is 5.69 Å². The molecule has 2 aromatic carbocycles. The molecule has 1 amide bonds. The van der Waals surface area contributed by atoms with E-state index in [-0.39, 0.29) is 16.4 Å². The van der Waals surface area contributed by atoms with Gasteiger partial charge in [-0.15, -0.1) is 0 Å². The first-order valence-corrected chi connectivity index (χ1v) is 12.3. The Balaban J connectivity index is 1.57. The van der Waals surface area contributed by atoms with Gasteiger partial charge in [0, 0.05) is 36.3 Å². The van der Waals surface area contributed by atoms with Gasteiger partial charge in [0.1, 0.15) is 5.69 Å². The van der Waals surface area contributed by atoms with E-state index in [2.05, 4.69) is 10.0 Å². The number of fused-ring (bicyclic) bond motifs is 1. The Morgan fingerprint density at radius 3 is 2.56 bits per heavy atom. The number of anilines is 1. The van der Waals surface area contributed by atoms with E-state index >= 15 is 0 Å². The van der Waals surface area contributed by atoms with Crippen molar-refractivity contribution in [3.8, 4) is 0 Å². The Labute approximate surface area is 188 Å². The lowest BCUT2D eigenvalue weighted by molar-refractivity contribution is 0.0205. The summed E-state index contributed by atoms with van der Waals surface area (Å²) in [4.78, 5) is 13.1. The van der Waals surface area contributed by atoms with E-state index < -0.39 is 10.0 Å². The second kappa shape index (κ2) is 8.60. The molecule has 0 radical (unpaired) electrons. The van der Waals surface area contributed by atoms with Gasteiger partial charge in [-0.1, -0.05) is 17.7 Å². The van der Waals surface area contributed by atoms with Crippen molar-refractivity contribution in [3.63, 3.8) is 0 Å². The molecule has 0 saturated carbocycles. The molecule has 1 saturated heterocycles. The van der Waals surface area contributed by atoms with Crippen LogP contribution in [-0.2, 0) is 21.3 Å². The number of ether oxygens (including phenoxy) is 1. The highest BCUT2D eigenvalue weighted by Crippen LogP contribution is 2.27. The van der Waals surface area contributed by atoms with Crippen molar-refractivity contribution in [1.29, 1.82) is 0 Å². The lowest BCUT2D eigenvalue weighted by Gasteiger charge is -2.23. The molecule has 170 valence electrons. The van der Waals surface area contributed by atoms with E-state index in [1.54, 1.807) is 42.5 Å². The first-order chi connectivity index (χ1) is 15.2. The minimum absolute atomic E-state index is 0.165. The summed E-state index contributed by atoms with van der Waals surface area (Å²) < 4.78 is 35.8. The maximum atomic E-state index is 12.9. The normalized spacial score (nSPS) is 18.7. The predicted octanol–water partition coefficient (Wildman–Crippen LogP) is 4.07. The summed E-state index contributed by atoms with van der Waals surface area (Å²) in [6, 6.07) is 13.8. The molecule has 1 fully saturated rings. The lowest BCUT2D eigenvalue weighted by Crippen LogP contribution is -2.40. The van der Waals surface area contributed by atoms with E-state index in [1.807, 2.05) is 31.4 Å². The van der Waals surface area contributed by atoms with Crippen LogP contribution >= 0.6 is 0 Å². The van der Waals surface area contributed by atoms with Crippen LogP contribution in [0.5, 0.6) is 0 Å². The smallest absolute Gasteiger partial charge is 0.268 e. The van der Waals surface area contributed by atoms with Crippen molar-refractivity contribution in [1.82, 2.24) is 9.88 Å². The molecule has 1 atom stereocenters. The van der Waals surface area contributed by atoms with Crippen LogP contribution < -0.4 is 10.0 Å². The van der Waals surface area contributed by atoms with Crippen molar-refractivity contribution in [2.45, 2.75) is 50.7 Å². The number of aromatic nitrogens is 1. The monoisotopic (exact) mass is 455 g/mol. The van der Waals surface area contributed by atoms with Gasteiger partial charge in [-0.3, -0.25) is 9.52 Å². The number of carbonyl (C=O) groups is 1. The fraction of sp³-hybridized carbons (Fsp3) is 0.375. The summed E-state index contributed by atoms with van der Waals surface area (Å²) in [6.45, 7) is 7.70. The second-order valence-electron chi connectivity index (χ2n) is 8.55. The van der Waals surface area contributed by atoms with Crippen LogP contribution in [0.2, 0.25) is 0 Å². The first kappa shape index (κ1) is 22.4. The van der Waals surface area contributed by atoms with Crippen molar-refractivity contribution < 1.29 is 17.9 Å². The molecule has 2 heterocycles. The van der Waals surface area contributed by atoms with Gasteiger partial charge in [-0.2, -0.15) is 0 Å². The number of benzene rings is 2. The molecular weight excluding hydrogens is 426 g/mol. The standard InChI is InChI=1S/C24H29N3O4S/c1-4-27-21-11-8-19(26-32(29,30)20-9-6-17(2)7-10-20)14-18(21)15-22(27)23(28)25-16-24(3)12-5-13-31-24/h6-11,14-15,26H,4-5,12-13,16H2,1-3H3,(H,25,28). The molecule has 7 nitrogen and oxygen atoms in total. The SMILES string of the molecule is CCn1c(C(=O)NCC2(C)CCCO2)cc2cc(NS(=O)(=O)c3ccc(C)cc3)ccc21. The molecule has 1 aliphatic rings. The highest BCUT2D eigenvalue weighted by Gasteiger charge is 2.30. The van der Waals surface area contributed by atoms with Gasteiger partial charge >= 0.3 is 0 Å². The maximum absolute atomic E-state index is 12.9. The van der Waals surface area contributed by atoms with Crippen LogP contribution in [0.15, 0.2) is 53.4 Å². The zero-order valence-electron chi connectivity index (χ0n) is 18.6. The van der Waals surface area contributed by atoms with E-state index in [4.69, 9.17) is 4.74 Å². The van der Waals surface area contributed by atoms with Gasteiger partial charge in [0.25, 0.3) is 15.9 Å². The Morgan fingerprint density at radius 2 is 1.91 bits per heavy atom. The van der Waals surface area contributed by atoms with Crippen LogP contribution in [0.3, 0.4) is 0 Å². The summed E-state index contributed by atoms with van der Waals surface area (Å²) in [7, 11) is -3.70. The largest absolute Gasteiger partial charge is 0.373 e. The minimum Gasteiger partial charge on any atom is -0.373 e. The van der Waals surface area contributed by atoms with Crippen LogP contribution in [0.1, 0.15) is 42.7 Å². The zero-order valence-corrected chi connectivity index (χ0v) is 19.5. The average Bonchev–Trinajstić information content (AvgIpc) is 3.35. The fourth-order valence-electron chi connectivity index (χ4n) is 4.13. The Morgan fingerprint density at radius 1 is 1.16 bits per heavy atom. The lowest BCUT2D eigenvalue weighted by atomic mass is 10.0. The Kier molecular flexibility index (Phi) is 6.01. The van der Waals surface area contributed by atoms with Gasteiger partial charge in [-0.05, 0) is 70.0 Å². The highest BCUT2D eigenvalue weighted by atomic mass is 32.2. The van der Waals surface area contributed by atoms with E-state index in [9.17, 15) is 13.2 Å². The number of nitrogens with one attached hydrogen (secondary N) is 2. The van der Waals surface area contributed by atoms with Gasteiger partial charge in [0.05, 0.1) is 10.5 Å². The maximum Gasteiger partial charge on any atom is 0.268 e. The molecule has 32 heavy (non-hydrogen) atoms. The van der Waals surface area contributed by atoms with Crippen molar-refractivity contribution >= 4 is 32.5 Å². The first-order valence-electron chi connectivity index (χ1n) is 10.9. The Bertz CT molecular complexity index is 1240. The minimum atomic E-state index is -3.70. The topological polar surface area (TPSA) is 89.4 Å². The van der Waals surface area contributed by atoms with Crippen molar-refractivity contribution in [3.05, 3.63) is 59.8 Å². The number of hydrogen-bond donors (Lipinski definition) is 2. The van der Waals surface area contributed by atoms with E-state index in [0.29, 0.717) is 24.5 Å². The van der Waals surface area contributed by atoms with Crippen LogP contribution in [0.25, 0.3) is 10.9 Å². The molecule has 1 unspecified atom stereocenters. The quantitative estimate of drug-likeness (QED) is 0.562. The number of carbonyl (C=O) groups excluding carboxylic acids is 1. The molecule has 0 spiro atoms. The average molecular weight is 456 g/mol. The zero-order chi connectivity index (χ0) is 22.9. The number of hydrogen-bond acceptors (Lipinski definition) is 4. The molecule has 0 bridgehead atoms. The third-order valence-electron chi connectivity index (χ3n) is 5.96. The third kappa shape index (κ3) is 4.52. The van der Waals surface area contributed by atoms with Gasteiger partial charge < -0.3 is 14.6 Å². The highest BCUT2D eigenvalue weighted by molar-refractivity contribution is 7.92. The summed E-state index contributed by atoms with van der Waals surface area (Å²) in [5, 5.41) is 3.80. The summed E-state index contributed by atoms with van der Waals surface area (Å²) >= 11 is 0. The molecule has 1 aliphatic heterocycles. The molecule has 0 aliphatic carbocycles. The molecule has 8 heteroatoms. The number of aryl methyl sites for hydroxylation is 2. The van der Waals surface area contributed by atoms with Gasteiger partial charge in [0.15, 0.2) is 0 Å². The molecule has 1 aromatic heterocycles. The summed E-state index contributed by atoms with van der Waals surface area (Å²) in [6.07, 6.45) is 1.93. The summed E-state index contributed by atoms with van der Waals surface area (Å²) in [5.74, 6) is -0.165. The molecular formula is C24H29N3O4S. The van der Waals surface area contributed by atoms with E-state index in [0.717, 1.165) is 35.9 Å². The van der Waals surface area contributed by atoms with Crippen molar-refractivity contribution in [2.24, 2.45) is 0 Å². The van der Waals surface area contributed by atoms with E-state index in [1.165, 1.54) is 0 Å².